The van der Waals surface area contributed by atoms with Crippen molar-refractivity contribution in [1.82, 2.24) is 9.97 Å². The van der Waals surface area contributed by atoms with Gasteiger partial charge < -0.3 is 9.47 Å². The Morgan fingerprint density at radius 1 is 1.48 bits per heavy atom. The Balaban J connectivity index is 1.83. The minimum absolute atomic E-state index is 0.245. The van der Waals surface area contributed by atoms with Crippen LogP contribution in [0.25, 0.3) is 0 Å². The van der Waals surface area contributed by atoms with Gasteiger partial charge in [-0.3, -0.25) is 9.52 Å². The molecule has 21 heavy (non-hydrogen) atoms. The summed E-state index contributed by atoms with van der Waals surface area (Å²) in [6.07, 6.45) is 5.34. The number of anilines is 1. The molecule has 1 N–H and O–H groups in total. The summed E-state index contributed by atoms with van der Waals surface area (Å²) >= 11 is 1.65. The largest absolute Gasteiger partial charge is 0.468 e. The Morgan fingerprint density at radius 3 is 2.90 bits per heavy atom. The van der Waals surface area contributed by atoms with E-state index >= 15 is 0 Å². The highest BCUT2D eigenvalue weighted by molar-refractivity contribution is 8.01. The van der Waals surface area contributed by atoms with Crippen LogP contribution in [0.1, 0.15) is 31.4 Å². The van der Waals surface area contributed by atoms with Gasteiger partial charge in [0.2, 0.25) is 5.95 Å². The number of nitrogens with one attached hydrogen (secondary N) is 1. The molecular formula is C14H19N3O3S. The van der Waals surface area contributed by atoms with Crippen LogP contribution in [-0.4, -0.2) is 41.5 Å². The molecule has 2 heterocycles. The lowest BCUT2D eigenvalue weighted by Gasteiger charge is -2.33. The number of carbonyl (C=O) groups is 1. The van der Waals surface area contributed by atoms with Crippen LogP contribution in [0.5, 0.6) is 0 Å². The molecular weight excluding hydrogens is 290 g/mol. The lowest BCUT2D eigenvalue weighted by molar-refractivity contribution is -0.151. The second kappa shape index (κ2) is 6.19. The van der Waals surface area contributed by atoms with Crippen LogP contribution in [0.3, 0.4) is 0 Å². The van der Waals surface area contributed by atoms with Crippen molar-refractivity contribution in [2.75, 3.05) is 25.0 Å². The first-order chi connectivity index (χ1) is 10.2. The van der Waals surface area contributed by atoms with Gasteiger partial charge in [0.15, 0.2) is 0 Å². The van der Waals surface area contributed by atoms with E-state index in [9.17, 15) is 4.79 Å². The third-order valence-corrected chi connectivity index (χ3v) is 5.01. The van der Waals surface area contributed by atoms with Gasteiger partial charge in [0, 0.05) is 24.7 Å². The number of carbonyl (C=O) groups excluding carboxylic acids is 1. The predicted molar refractivity (Wildman–Crippen MR) is 80.0 cm³/mol. The van der Waals surface area contributed by atoms with Gasteiger partial charge in [-0.15, -0.1) is 0 Å². The standard InChI is InChI=1S/C14H19N3O3S/c1-19-12(18)14(5-8-20-9-6-14)11-4-7-15-13(16-11)17-21-10-2-3-10/h4,7,10H,2-3,5-6,8-9H2,1H3,(H,15,16,17). The van der Waals surface area contributed by atoms with Crippen LogP contribution in [0.4, 0.5) is 5.95 Å². The average molecular weight is 309 g/mol. The van der Waals surface area contributed by atoms with Crippen molar-refractivity contribution < 1.29 is 14.3 Å². The molecule has 0 radical (unpaired) electrons. The van der Waals surface area contributed by atoms with Gasteiger partial charge in [-0.05, 0) is 43.7 Å². The molecule has 2 fully saturated rings. The molecule has 0 atom stereocenters. The summed E-state index contributed by atoms with van der Waals surface area (Å²) in [4.78, 5) is 21.1. The Morgan fingerprint density at radius 2 is 2.24 bits per heavy atom. The van der Waals surface area contributed by atoms with E-state index in [-0.39, 0.29) is 5.97 Å². The Bertz CT molecular complexity index is 516. The predicted octanol–water partition coefficient (Wildman–Crippen LogP) is 1.92. The van der Waals surface area contributed by atoms with E-state index < -0.39 is 5.41 Å². The molecule has 0 spiro atoms. The second-order valence-corrected chi connectivity index (χ2v) is 6.48. The highest BCUT2D eigenvalue weighted by atomic mass is 32.2. The molecule has 114 valence electrons. The quantitative estimate of drug-likeness (QED) is 0.658. The number of rotatable bonds is 5. The summed E-state index contributed by atoms with van der Waals surface area (Å²) in [6, 6.07) is 1.80. The highest BCUT2D eigenvalue weighted by Gasteiger charge is 2.44. The topological polar surface area (TPSA) is 73.3 Å². The third kappa shape index (κ3) is 3.13. The Labute approximate surface area is 128 Å². The van der Waals surface area contributed by atoms with Crippen molar-refractivity contribution in [3.8, 4) is 0 Å². The molecule has 3 rings (SSSR count). The third-order valence-electron chi connectivity index (χ3n) is 3.91. The summed E-state index contributed by atoms with van der Waals surface area (Å²) in [5.41, 5.74) is 0.00271. The SMILES string of the molecule is COC(=O)C1(c2ccnc(NSC3CC3)n2)CCOCC1. The van der Waals surface area contributed by atoms with Crippen molar-refractivity contribution in [3.05, 3.63) is 18.0 Å². The molecule has 1 aliphatic carbocycles. The van der Waals surface area contributed by atoms with E-state index in [1.165, 1.54) is 20.0 Å². The van der Waals surface area contributed by atoms with Gasteiger partial charge >= 0.3 is 5.97 Å². The monoisotopic (exact) mass is 309 g/mol. The van der Waals surface area contributed by atoms with Crippen LogP contribution >= 0.6 is 11.9 Å². The van der Waals surface area contributed by atoms with Gasteiger partial charge in [0.1, 0.15) is 5.41 Å². The van der Waals surface area contributed by atoms with Gasteiger partial charge in [-0.1, -0.05) is 0 Å². The van der Waals surface area contributed by atoms with Gasteiger partial charge in [-0.2, -0.15) is 0 Å². The maximum atomic E-state index is 12.3. The van der Waals surface area contributed by atoms with Crippen molar-refractivity contribution in [3.63, 3.8) is 0 Å². The molecule has 0 unspecified atom stereocenters. The molecule has 1 saturated carbocycles. The number of hydrogen-bond donors (Lipinski definition) is 1. The van der Waals surface area contributed by atoms with Crippen LogP contribution in [-0.2, 0) is 19.7 Å². The summed E-state index contributed by atoms with van der Waals surface area (Å²) in [5.74, 6) is 0.310. The van der Waals surface area contributed by atoms with Crippen LogP contribution in [0.2, 0.25) is 0 Å². The van der Waals surface area contributed by atoms with Crippen molar-refractivity contribution in [2.24, 2.45) is 0 Å². The van der Waals surface area contributed by atoms with E-state index in [0.29, 0.717) is 42.9 Å². The zero-order valence-corrected chi connectivity index (χ0v) is 12.8. The zero-order chi connectivity index (χ0) is 14.7. The Hall–Kier alpha value is -1.34. The minimum atomic E-state index is -0.712. The highest BCUT2D eigenvalue weighted by Crippen LogP contribution is 2.36. The van der Waals surface area contributed by atoms with Crippen molar-refractivity contribution in [2.45, 2.75) is 36.3 Å². The summed E-state index contributed by atoms with van der Waals surface area (Å²) in [5, 5.41) is 0.662. The van der Waals surface area contributed by atoms with Crippen LogP contribution in [0.15, 0.2) is 12.3 Å². The first-order valence-electron chi connectivity index (χ1n) is 7.16. The van der Waals surface area contributed by atoms with Gasteiger partial charge in [-0.25, -0.2) is 9.97 Å². The molecule has 0 aromatic carbocycles. The number of nitrogens with zero attached hydrogens (tertiary/aromatic N) is 2. The van der Waals surface area contributed by atoms with Crippen LogP contribution < -0.4 is 4.72 Å². The molecule has 7 heteroatoms. The van der Waals surface area contributed by atoms with E-state index in [0.717, 1.165) is 0 Å². The smallest absolute Gasteiger partial charge is 0.318 e. The fourth-order valence-corrected chi connectivity index (χ4v) is 3.22. The maximum Gasteiger partial charge on any atom is 0.318 e. The van der Waals surface area contributed by atoms with E-state index in [4.69, 9.17) is 9.47 Å². The number of ether oxygens (including phenoxy) is 2. The lowest BCUT2D eigenvalue weighted by atomic mass is 9.77. The van der Waals surface area contributed by atoms with E-state index in [1.807, 2.05) is 0 Å². The molecule has 0 amide bonds. The average Bonchev–Trinajstić information content (AvgIpc) is 3.37. The zero-order valence-electron chi connectivity index (χ0n) is 12.0. The van der Waals surface area contributed by atoms with Crippen LogP contribution in [0, 0.1) is 0 Å². The number of methoxy groups -OCH3 is 1. The minimum Gasteiger partial charge on any atom is -0.468 e. The first kappa shape index (κ1) is 14.6. The lowest BCUT2D eigenvalue weighted by Crippen LogP contribution is -2.43. The summed E-state index contributed by atoms with van der Waals surface area (Å²) in [6.45, 7) is 1.08. The molecule has 1 saturated heterocycles. The number of esters is 1. The molecule has 0 bridgehead atoms. The fourth-order valence-electron chi connectivity index (χ4n) is 2.48. The van der Waals surface area contributed by atoms with Gasteiger partial charge in [0.25, 0.3) is 0 Å². The summed E-state index contributed by atoms with van der Waals surface area (Å²) in [7, 11) is 1.42. The normalized spacial score (nSPS) is 20.8. The number of aromatic nitrogens is 2. The molecule has 2 aliphatic rings. The van der Waals surface area contributed by atoms with Gasteiger partial charge in [0.05, 0.1) is 12.8 Å². The molecule has 1 aliphatic heterocycles. The van der Waals surface area contributed by atoms with Crippen molar-refractivity contribution >= 4 is 23.9 Å². The maximum absolute atomic E-state index is 12.3. The first-order valence-corrected chi connectivity index (χ1v) is 8.04. The summed E-state index contributed by atoms with van der Waals surface area (Å²) < 4.78 is 13.6. The number of hydrogen-bond acceptors (Lipinski definition) is 7. The van der Waals surface area contributed by atoms with Crippen molar-refractivity contribution in [1.29, 1.82) is 0 Å². The fraction of sp³-hybridized carbons (Fsp3) is 0.643. The molecule has 1 aromatic rings. The second-order valence-electron chi connectivity index (χ2n) is 5.37. The molecule has 1 aromatic heterocycles. The Kier molecular flexibility index (Phi) is 4.30. The molecule has 6 nitrogen and oxygen atoms in total. The van der Waals surface area contributed by atoms with E-state index in [2.05, 4.69) is 14.7 Å². The van der Waals surface area contributed by atoms with E-state index in [1.54, 1.807) is 24.2 Å².